The van der Waals surface area contributed by atoms with Gasteiger partial charge in [0.2, 0.25) is 0 Å². The average Bonchev–Trinajstić information content (AvgIpc) is 2.73. The van der Waals surface area contributed by atoms with Crippen molar-refractivity contribution in [3.63, 3.8) is 0 Å². The molecule has 0 aromatic carbocycles. The lowest BCUT2D eigenvalue weighted by Gasteiger charge is -2.23. The lowest BCUT2D eigenvalue weighted by atomic mass is 9.95. The Balaban J connectivity index is 2.02. The smallest absolute Gasteiger partial charge is 0.177 e. The van der Waals surface area contributed by atoms with E-state index in [9.17, 15) is 4.79 Å². The van der Waals surface area contributed by atoms with Crippen molar-refractivity contribution in [3.8, 4) is 0 Å². The van der Waals surface area contributed by atoms with Crippen LogP contribution in [-0.2, 0) is 9.53 Å². The minimum absolute atomic E-state index is 0.0874. The van der Waals surface area contributed by atoms with E-state index in [1.807, 2.05) is 11.8 Å². The molecule has 2 aliphatic rings. The van der Waals surface area contributed by atoms with Crippen LogP contribution < -0.4 is 0 Å². The van der Waals surface area contributed by atoms with Gasteiger partial charge < -0.3 is 4.74 Å². The first-order valence-electron chi connectivity index (χ1n) is 5.02. The molecule has 2 aliphatic heterocycles. The van der Waals surface area contributed by atoms with Crippen LogP contribution in [0.1, 0.15) is 32.6 Å². The number of ketones is 1. The largest absolute Gasteiger partial charge is 0.370 e. The Labute approximate surface area is 83.4 Å². The molecule has 2 nitrogen and oxygen atoms in total. The fourth-order valence-corrected chi connectivity index (χ4v) is 3.40. The number of ether oxygens (including phenoxy) is 1. The summed E-state index contributed by atoms with van der Waals surface area (Å²) in [5.41, 5.74) is 0. The van der Waals surface area contributed by atoms with Crippen molar-refractivity contribution < 1.29 is 9.53 Å². The molecule has 0 aromatic heterocycles. The van der Waals surface area contributed by atoms with Crippen LogP contribution in [0.25, 0.3) is 0 Å². The Hall–Kier alpha value is -0.0200. The van der Waals surface area contributed by atoms with Gasteiger partial charge >= 0.3 is 0 Å². The van der Waals surface area contributed by atoms with Crippen LogP contribution in [0.2, 0.25) is 0 Å². The highest BCUT2D eigenvalue weighted by Gasteiger charge is 2.42. The molecule has 0 bridgehead atoms. The van der Waals surface area contributed by atoms with Crippen molar-refractivity contribution in [3.05, 3.63) is 0 Å². The van der Waals surface area contributed by atoms with Crippen LogP contribution in [0.4, 0.5) is 0 Å². The summed E-state index contributed by atoms with van der Waals surface area (Å²) >= 11 is 1.81. The molecule has 3 heteroatoms. The molecule has 2 fully saturated rings. The summed E-state index contributed by atoms with van der Waals surface area (Å²) in [5, 5.41) is 0. The first-order chi connectivity index (χ1) is 6.22. The predicted octanol–water partition coefficient (Wildman–Crippen LogP) is 2.02. The van der Waals surface area contributed by atoms with Crippen LogP contribution in [0, 0.1) is 0 Å². The molecule has 2 rings (SSSR count). The lowest BCUT2D eigenvalue weighted by Crippen LogP contribution is -2.37. The van der Waals surface area contributed by atoms with E-state index in [-0.39, 0.29) is 10.9 Å². The van der Waals surface area contributed by atoms with Crippen molar-refractivity contribution in [1.29, 1.82) is 0 Å². The summed E-state index contributed by atoms with van der Waals surface area (Å²) in [6.45, 7) is 2.85. The third-order valence-electron chi connectivity index (χ3n) is 2.96. The monoisotopic (exact) mass is 200 g/mol. The van der Waals surface area contributed by atoms with Gasteiger partial charge in [0.05, 0.1) is 4.75 Å². The van der Waals surface area contributed by atoms with E-state index in [0.29, 0.717) is 5.78 Å². The zero-order valence-electron chi connectivity index (χ0n) is 8.04. The standard InChI is InChI=1S/C10H16O2S/c1-10(5-3-7-13-10)9(11)8-4-2-6-12-8/h8H,2-7H2,1H3. The van der Waals surface area contributed by atoms with Gasteiger partial charge in [0.25, 0.3) is 0 Å². The van der Waals surface area contributed by atoms with Crippen molar-refractivity contribution in [1.82, 2.24) is 0 Å². The molecule has 0 aromatic rings. The Kier molecular flexibility index (Phi) is 2.65. The summed E-state index contributed by atoms with van der Waals surface area (Å²) in [6.07, 6.45) is 4.12. The molecular weight excluding hydrogens is 184 g/mol. The van der Waals surface area contributed by atoms with Crippen molar-refractivity contribution in [2.24, 2.45) is 0 Å². The average molecular weight is 200 g/mol. The van der Waals surface area contributed by atoms with Gasteiger partial charge in [-0.05, 0) is 38.4 Å². The third-order valence-corrected chi connectivity index (χ3v) is 4.50. The van der Waals surface area contributed by atoms with E-state index in [0.717, 1.165) is 31.6 Å². The maximum atomic E-state index is 12.0. The molecule has 2 unspecified atom stereocenters. The summed E-state index contributed by atoms with van der Waals surface area (Å²) in [7, 11) is 0. The van der Waals surface area contributed by atoms with E-state index >= 15 is 0 Å². The van der Waals surface area contributed by atoms with Crippen LogP contribution in [0.5, 0.6) is 0 Å². The minimum atomic E-state index is -0.130. The topological polar surface area (TPSA) is 26.3 Å². The zero-order chi connectivity index (χ0) is 9.31. The molecule has 0 aliphatic carbocycles. The number of carbonyl (C=O) groups excluding carboxylic acids is 1. The number of hydrogen-bond acceptors (Lipinski definition) is 3. The maximum Gasteiger partial charge on any atom is 0.177 e. The van der Waals surface area contributed by atoms with Gasteiger partial charge in [0, 0.05) is 6.61 Å². The predicted molar refractivity (Wildman–Crippen MR) is 54.1 cm³/mol. The number of hydrogen-bond donors (Lipinski definition) is 0. The molecule has 74 valence electrons. The van der Waals surface area contributed by atoms with E-state index in [1.165, 1.54) is 6.42 Å². The highest BCUT2D eigenvalue weighted by Crippen LogP contribution is 2.40. The molecule has 0 spiro atoms. The van der Waals surface area contributed by atoms with Gasteiger partial charge in [-0.15, -0.1) is 11.8 Å². The fourth-order valence-electron chi connectivity index (χ4n) is 2.10. The molecule has 0 radical (unpaired) electrons. The van der Waals surface area contributed by atoms with Gasteiger partial charge in [0.15, 0.2) is 5.78 Å². The molecule has 2 saturated heterocycles. The van der Waals surface area contributed by atoms with Crippen LogP contribution >= 0.6 is 11.8 Å². The number of thioether (sulfide) groups is 1. The Morgan fingerprint density at radius 1 is 1.54 bits per heavy atom. The molecule has 0 saturated carbocycles. The second-order valence-electron chi connectivity index (χ2n) is 4.05. The van der Waals surface area contributed by atoms with Gasteiger partial charge in [-0.1, -0.05) is 0 Å². The zero-order valence-corrected chi connectivity index (χ0v) is 8.86. The third kappa shape index (κ3) is 1.77. The Morgan fingerprint density at radius 3 is 2.92 bits per heavy atom. The summed E-state index contributed by atoms with van der Waals surface area (Å²) in [6, 6.07) is 0. The van der Waals surface area contributed by atoms with Crippen LogP contribution in [-0.4, -0.2) is 29.0 Å². The summed E-state index contributed by atoms with van der Waals surface area (Å²) < 4.78 is 5.30. The van der Waals surface area contributed by atoms with Crippen molar-refractivity contribution in [2.75, 3.05) is 12.4 Å². The number of rotatable bonds is 2. The number of carbonyl (C=O) groups is 1. The van der Waals surface area contributed by atoms with Gasteiger partial charge in [0.1, 0.15) is 6.10 Å². The molecular formula is C10H16O2S. The molecule has 2 heterocycles. The fraction of sp³-hybridized carbons (Fsp3) is 0.900. The van der Waals surface area contributed by atoms with Gasteiger partial charge in [-0.3, -0.25) is 4.79 Å². The van der Waals surface area contributed by atoms with E-state index < -0.39 is 0 Å². The highest BCUT2D eigenvalue weighted by atomic mass is 32.2. The first-order valence-corrected chi connectivity index (χ1v) is 6.01. The second kappa shape index (κ2) is 3.62. The van der Waals surface area contributed by atoms with E-state index in [1.54, 1.807) is 0 Å². The maximum absolute atomic E-state index is 12.0. The normalized spacial score (nSPS) is 39.6. The van der Waals surface area contributed by atoms with Crippen molar-refractivity contribution >= 4 is 17.5 Å². The molecule has 13 heavy (non-hydrogen) atoms. The second-order valence-corrected chi connectivity index (χ2v) is 5.65. The van der Waals surface area contributed by atoms with E-state index in [4.69, 9.17) is 4.74 Å². The Morgan fingerprint density at radius 2 is 2.38 bits per heavy atom. The van der Waals surface area contributed by atoms with Crippen LogP contribution in [0.3, 0.4) is 0 Å². The van der Waals surface area contributed by atoms with E-state index in [2.05, 4.69) is 6.92 Å². The van der Waals surface area contributed by atoms with Gasteiger partial charge in [-0.25, -0.2) is 0 Å². The first kappa shape index (κ1) is 9.53. The summed E-state index contributed by atoms with van der Waals surface area (Å²) in [4.78, 5) is 12.0. The molecule has 2 atom stereocenters. The minimum Gasteiger partial charge on any atom is -0.370 e. The molecule has 0 N–H and O–H groups in total. The quantitative estimate of drug-likeness (QED) is 0.682. The van der Waals surface area contributed by atoms with Crippen molar-refractivity contribution in [2.45, 2.75) is 43.5 Å². The SMILES string of the molecule is CC1(C(=O)C2CCCO2)CCCS1. The van der Waals surface area contributed by atoms with Gasteiger partial charge in [-0.2, -0.15) is 0 Å². The highest BCUT2D eigenvalue weighted by molar-refractivity contribution is 8.01. The number of Topliss-reactive ketones (excluding diaryl/α,β-unsaturated/α-hetero) is 1. The molecule has 0 amide bonds. The lowest BCUT2D eigenvalue weighted by molar-refractivity contribution is -0.129. The summed E-state index contributed by atoms with van der Waals surface area (Å²) in [5.74, 6) is 1.47. The Bertz CT molecular complexity index is 203. The van der Waals surface area contributed by atoms with Crippen LogP contribution in [0.15, 0.2) is 0 Å².